The Hall–Kier alpha value is -4.04. The lowest BCUT2D eigenvalue weighted by molar-refractivity contribution is -0.140. The van der Waals surface area contributed by atoms with Gasteiger partial charge in [-0.15, -0.1) is 0 Å². The minimum absolute atomic E-state index is 0.0981. The lowest BCUT2D eigenvalue weighted by Crippen LogP contribution is -2.29. The fraction of sp³-hybridized carbons (Fsp3) is 0.192. The molecule has 1 amide bonds. The number of nitrogens with zero attached hydrogens (tertiary/aromatic N) is 2. The van der Waals surface area contributed by atoms with Crippen molar-refractivity contribution in [1.29, 1.82) is 0 Å². The van der Waals surface area contributed by atoms with E-state index in [9.17, 15) is 14.7 Å². The first kappa shape index (κ1) is 24.1. The van der Waals surface area contributed by atoms with Crippen LogP contribution in [0.2, 0.25) is 5.02 Å². The highest BCUT2D eigenvalue weighted by Crippen LogP contribution is 2.43. The standard InChI is InChI=1S/C26H23ClN2O6/c1-33-16-8-6-7-15(11-16)14-29-23(19-9-4-5-10-28-19)22(25(31)26(29)32)24(30)17-12-21(35-3)18(27)13-20(17)34-2/h4-13,23,30H,14H2,1-3H3/b24-22+. The average molecular weight is 495 g/mol. The van der Waals surface area contributed by atoms with Crippen molar-refractivity contribution in [1.82, 2.24) is 9.88 Å². The summed E-state index contributed by atoms with van der Waals surface area (Å²) >= 11 is 6.21. The van der Waals surface area contributed by atoms with Gasteiger partial charge < -0.3 is 24.2 Å². The summed E-state index contributed by atoms with van der Waals surface area (Å²) in [6.07, 6.45) is 1.56. The highest BCUT2D eigenvalue weighted by molar-refractivity contribution is 6.46. The Morgan fingerprint density at radius 1 is 1.00 bits per heavy atom. The van der Waals surface area contributed by atoms with Crippen LogP contribution in [0.25, 0.3) is 5.76 Å². The molecule has 1 saturated heterocycles. The van der Waals surface area contributed by atoms with Crippen LogP contribution in [0.3, 0.4) is 0 Å². The third-order valence-corrected chi connectivity index (χ3v) is 6.02. The van der Waals surface area contributed by atoms with E-state index in [0.717, 1.165) is 5.56 Å². The molecule has 1 fully saturated rings. The summed E-state index contributed by atoms with van der Waals surface area (Å²) in [6.45, 7) is 0.0981. The Balaban J connectivity index is 1.90. The van der Waals surface area contributed by atoms with Crippen molar-refractivity contribution in [2.75, 3.05) is 21.3 Å². The summed E-state index contributed by atoms with van der Waals surface area (Å²) in [6, 6.07) is 14.4. The van der Waals surface area contributed by atoms with Gasteiger partial charge in [-0.2, -0.15) is 0 Å². The highest BCUT2D eigenvalue weighted by atomic mass is 35.5. The van der Waals surface area contributed by atoms with Gasteiger partial charge in [0.25, 0.3) is 11.7 Å². The van der Waals surface area contributed by atoms with E-state index in [1.807, 2.05) is 6.07 Å². The second kappa shape index (κ2) is 10.1. The Kier molecular flexibility index (Phi) is 6.93. The van der Waals surface area contributed by atoms with Crippen LogP contribution in [0, 0.1) is 0 Å². The van der Waals surface area contributed by atoms with Crippen LogP contribution >= 0.6 is 11.6 Å². The molecule has 1 N–H and O–H groups in total. The van der Waals surface area contributed by atoms with Gasteiger partial charge >= 0.3 is 0 Å². The third kappa shape index (κ3) is 4.52. The third-order valence-electron chi connectivity index (χ3n) is 5.72. The zero-order chi connectivity index (χ0) is 25.1. The zero-order valence-corrected chi connectivity index (χ0v) is 20.1. The van der Waals surface area contributed by atoms with Crippen LogP contribution in [0.4, 0.5) is 0 Å². The quantitative estimate of drug-likeness (QED) is 0.295. The van der Waals surface area contributed by atoms with Crippen LogP contribution in [-0.2, 0) is 16.1 Å². The van der Waals surface area contributed by atoms with E-state index in [-0.39, 0.29) is 34.2 Å². The van der Waals surface area contributed by atoms with E-state index in [0.29, 0.717) is 11.4 Å². The number of rotatable bonds is 7. The van der Waals surface area contributed by atoms with Crippen LogP contribution < -0.4 is 14.2 Å². The van der Waals surface area contributed by atoms with Crippen molar-refractivity contribution in [3.05, 3.63) is 88.2 Å². The first-order valence-corrected chi connectivity index (χ1v) is 11.0. The predicted molar refractivity (Wildman–Crippen MR) is 130 cm³/mol. The van der Waals surface area contributed by atoms with Crippen LogP contribution in [-0.4, -0.2) is 48.0 Å². The van der Waals surface area contributed by atoms with Crippen LogP contribution in [0.1, 0.15) is 22.9 Å². The summed E-state index contributed by atoms with van der Waals surface area (Å²) in [5.41, 5.74) is 1.22. The largest absolute Gasteiger partial charge is 0.507 e. The van der Waals surface area contributed by atoms with Crippen LogP contribution in [0.15, 0.2) is 66.4 Å². The Labute approximate surface area is 207 Å². The number of aliphatic hydroxyl groups excluding tert-OH is 1. The highest BCUT2D eigenvalue weighted by Gasteiger charge is 2.47. The number of carbonyl (C=O) groups is 2. The first-order valence-electron chi connectivity index (χ1n) is 10.6. The Morgan fingerprint density at radius 3 is 2.43 bits per heavy atom. The number of benzene rings is 2. The van der Waals surface area contributed by atoms with Crippen molar-refractivity contribution in [3.8, 4) is 17.2 Å². The fourth-order valence-corrected chi connectivity index (χ4v) is 4.28. The minimum atomic E-state index is -0.936. The number of Topliss-reactive ketones (excluding diaryl/α,β-unsaturated/α-hetero) is 1. The smallest absolute Gasteiger partial charge is 0.296 e. The van der Waals surface area contributed by atoms with Gasteiger partial charge in [-0.3, -0.25) is 14.6 Å². The maximum Gasteiger partial charge on any atom is 0.296 e. The number of hydrogen-bond acceptors (Lipinski definition) is 7. The van der Waals surface area contributed by atoms with Crippen LogP contribution in [0.5, 0.6) is 17.2 Å². The SMILES string of the molecule is COc1cccc(CN2C(=O)C(=O)/C(=C(/O)c3cc(OC)c(Cl)cc3OC)C2c2ccccn2)c1. The summed E-state index contributed by atoms with van der Waals surface area (Å²) in [7, 11) is 4.39. The van der Waals surface area contributed by atoms with Gasteiger partial charge in [0.15, 0.2) is 0 Å². The fourth-order valence-electron chi connectivity index (χ4n) is 4.05. The summed E-state index contributed by atoms with van der Waals surface area (Å²) in [5.74, 6) is -0.909. The van der Waals surface area contributed by atoms with E-state index in [4.69, 9.17) is 25.8 Å². The molecule has 0 radical (unpaired) electrons. The van der Waals surface area contributed by atoms with Crippen molar-refractivity contribution in [3.63, 3.8) is 0 Å². The van der Waals surface area contributed by atoms with Crippen molar-refractivity contribution in [2.24, 2.45) is 0 Å². The molecule has 4 rings (SSSR count). The molecule has 180 valence electrons. The molecule has 0 aliphatic carbocycles. The summed E-state index contributed by atoms with van der Waals surface area (Å²) in [5, 5.41) is 11.6. The van der Waals surface area contributed by atoms with E-state index < -0.39 is 23.5 Å². The molecule has 1 aliphatic heterocycles. The van der Waals surface area contributed by atoms with Gasteiger partial charge in [-0.25, -0.2) is 0 Å². The van der Waals surface area contributed by atoms with E-state index in [2.05, 4.69) is 4.98 Å². The van der Waals surface area contributed by atoms with Gasteiger partial charge in [0.1, 0.15) is 29.0 Å². The Bertz CT molecular complexity index is 1310. The summed E-state index contributed by atoms with van der Waals surface area (Å²) < 4.78 is 15.9. The molecule has 35 heavy (non-hydrogen) atoms. The average Bonchev–Trinajstić information content (AvgIpc) is 3.13. The lowest BCUT2D eigenvalue weighted by Gasteiger charge is -2.25. The molecule has 8 nitrogen and oxygen atoms in total. The van der Waals surface area contributed by atoms with E-state index in [1.54, 1.807) is 49.7 Å². The van der Waals surface area contributed by atoms with Gasteiger partial charge in [-0.05, 0) is 35.9 Å². The summed E-state index contributed by atoms with van der Waals surface area (Å²) in [4.78, 5) is 32.3. The number of pyridine rings is 1. The molecule has 0 spiro atoms. The molecule has 9 heteroatoms. The molecule has 2 heterocycles. The molecule has 1 aliphatic rings. The number of halogens is 1. The number of carbonyl (C=O) groups excluding carboxylic acids is 2. The predicted octanol–water partition coefficient (Wildman–Crippen LogP) is 4.38. The number of aromatic nitrogens is 1. The van der Waals surface area contributed by atoms with Crippen molar-refractivity contribution >= 4 is 29.1 Å². The Morgan fingerprint density at radius 2 is 1.77 bits per heavy atom. The maximum absolute atomic E-state index is 13.3. The van der Waals surface area contributed by atoms with E-state index >= 15 is 0 Å². The number of likely N-dealkylation sites (tertiary alicyclic amines) is 1. The first-order chi connectivity index (χ1) is 16.9. The molecule has 3 aromatic rings. The minimum Gasteiger partial charge on any atom is -0.507 e. The zero-order valence-electron chi connectivity index (χ0n) is 19.3. The molecule has 1 unspecified atom stereocenters. The van der Waals surface area contributed by atoms with E-state index in [1.165, 1.54) is 31.3 Å². The molecule has 1 aromatic heterocycles. The number of ketones is 1. The lowest BCUT2D eigenvalue weighted by atomic mass is 9.97. The van der Waals surface area contributed by atoms with Crippen molar-refractivity contribution < 1.29 is 28.9 Å². The van der Waals surface area contributed by atoms with Gasteiger partial charge in [0.2, 0.25) is 0 Å². The monoisotopic (exact) mass is 494 g/mol. The van der Waals surface area contributed by atoms with Gasteiger partial charge in [-0.1, -0.05) is 29.8 Å². The number of hydrogen-bond donors (Lipinski definition) is 1. The molecule has 0 bridgehead atoms. The second-order valence-electron chi connectivity index (χ2n) is 7.72. The van der Waals surface area contributed by atoms with Gasteiger partial charge in [0.05, 0.1) is 43.2 Å². The number of methoxy groups -OCH3 is 3. The normalized spacial score (nSPS) is 16.9. The molecular formula is C26H23ClN2O6. The number of aliphatic hydroxyl groups is 1. The topological polar surface area (TPSA) is 98.2 Å². The number of ether oxygens (including phenoxy) is 3. The van der Waals surface area contributed by atoms with Gasteiger partial charge in [0, 0.05) is 18.8 Å². The molecular weight excluding hydrogens is 472 g/mol. The van der Waals surface area contributed by atoms with Crippen molar-refractivity contribution in [2.45, 2.75) is 12.6 Å². The number of amides is 1. The maximum atomic E-state index is 13.3. The molecule has 0 saturated carbocycles. The molecule has 1 atom stereocenters. The second-order valence-corrected chi connectivity index (χ2v) is 8.13. The molecule has 2 aromatic carbocycles.